The topological polar surface area (TPSA) is 53.7 Å². The van der Waals surface area contributed by atoms with Gasteiger partial charge in [-0.15, -0.1) is 0 Å². The number of furan rings is 1. The number of likely N-dealkylation sites (N-methyl/N-ethyl adjacent to an activating group) is 1. The maximum atomic E-state index is 12.2. The zero-order chi connectivity index (χ0) is 15.9. The maximum absolute atomic E-state index is 12.2. The number of aliphatic hydroxyl groups excluding tert-OH is 1. The smallest absolute Gasteiger partial charge is 0.246 e. The lowest BCUT2D eigenvalue weighted by atomic mass is 10.1. The molecule has 4 nitrogen and oxygen atoms in total. The second-order valence-electron chi connectivity index (χ2n) is 5.15. The van der Waals surface area contributed by atoms with Crippen LogP contribution in [0, 0.1) is 6.92 Å². The molecule has 2 aromatic rings. The number of carbonyl (C=O) groups excluding carboxylic acids is 1. The largest absolute Gasteiger partial charge is 0.465 e. The van der Waals surface area contributed by atoms with Gasteiger partial charge < -0.3 is 14.4 Å². The highest BCUT2D eigenvalue weighted by Gasteiger charge is 2.15. The van der Waals surface area contributed by atoms with E-state index in [1.165, 1.54) is 6.08 Å². The fourth-order valence-corrected chi connectivity index (χ4v) is 2.12. The Morgan fingerprint density at radius 1 is 1.32 bits per heavy atom. The van der Waals surface area contributed by atoms with E-state index in [0.717, 1.165) is 11.1 Å². The van der Waals surface area contributed by atoms with Crippen molar-refractivity contribution in [1.82, 2.24) is 4.90 Å². The van der Waals surface area contributed by atoms with Crippen LogP contribution in [0.2, 0.25) is 0 Å². The summed E-state index contributed by atoms with van der Waals surface area (Å²) in [7, 11) is 0. The maximum Gasteiger partial charge on any atom is 0.246 e. The Balaban J connectivity index is 1.98. The van der Waals surface area contributed by atoms with Crippen molar-refractivity contribution in [1.29, 1.82) is 0 Å². The molecule has 116 valence electrons. The minimum atomic E-state index is -0.693. The molecule has 1 aromatic carbocycles. The average molecular weight is 299 g/mol. The molecule has 4 heteroatoms. The molecule has 22 heavy (non-hydrogen) atoms. The van der Waals surface area contributed by atoms with Crippen LogP contribution in [0.5, 0.6) is 0 Å². The summed E-state index contributed by atoms with van der Waals surface area (Å²) in [6.45, 7) is 4.68. The summed E-state index contributed by atoms with van der Waals surface area (Å²) in [6, 6.07) is 11.2. The van der Waals surface area contributed by atoms with Crippen LogP contribution >= 0.6 is 0 Å². The highest BCUT2D eigenvalue weighted by atomic mass is 16.3. The minimum absolute atomic E-state index is 0.148. The van der Waals surface area contributed by atoms with Gasteiger partial charge in [0.2, 0.25) is 5.91 Å². The van der Waals surface area contributed by atoms with Gasteiger partial charge in [0.15, 0.2) is 0 Å². The van der Waals surface area contributed by atoms with Crippen LogP contribution < -0.4 is 0 Å². The number of aryl methyl sites for hydroxylation is 1. The number of amides is 1. The minimum Gasteiger partial charge on any atom is -0.465 e. The van der Waals surface area contributed by atoms with E-state index in [1.54, 1.807) is 29.4 Å². The van der Waals surface area contributed by atoms with Crippen molar-refractivity contribution in [2.75, 3.05) is 13.1 Å². The lowest BCUT2D eigenvalue weighted by molar-refractivity contribution is -0.127. The van der Waals surface area contributed by atoms with Crippen LogP contribution in [0.1, 0.15) is 29.9 Å². The molecular weight excluding hydrogens is 278 g/mol. The summed E-state index contributed by atoms with van der Waals surface area (Å²) >= 11 is 0. The summed E-state index contributed by atoms with van der Waals surface area (Å²) in [5, 5.41) is 10.3. The zero-order valence-corrected chi connectivity index (χ0v) is 12.9. The Morgan fingerprint density at radius 2 is 2.05 bits per heavy atom. The van der Waals surface area contributed by atoms with Crippen molar-refractivity contribution in [2.45, 2.75) is 20.0 Å². The highest BCUT2D eigenvalue weighted by molar-refractivity contribution is 5.91. The SMILES string of the molecule is CCN(CC(O)c1ccc(C)cc1)C(=O)C=Cc1ccco1. The van der Waals surface area contributed by atoms with Crippen molar-refractivity contribution in [3.8, 4) is 0 Å². The van der Waals surface area contributed by atoms with Gasteiger partial charge in [0, 0.05) is 12.6 Å². The number of nitrogens with zero attached hydrogens (tertiary/aromatic N) is 1. The second kappa shape index (κ2) is 7.61. The molecule has 1 unspecified atom stereocenters. The average Bonchev–Trinajstić information content (AvgIpc) is 3.04. The van der Waals surface area contributed by atoms with Crippen molar-refractivity contribution in [2.24, 2.45) is 0 Å². The quantitative estimate of drug-likeness (QED) is 0.833. The van der Waals surface area contributed by atoms with Gasteiger partial charge in [0.25, 0.3) is 0 Å². The van der Waals surface area contributed by atoms with Gasteiger partial charge >= 0.3 is 0 Å². The molecule has 0 saturated carbocycles. The monoisotopic (exact) mass is 299 g/mol. The molecule has 0 radical (unpaired) electrons. The predicted octanol–water partition coefficient (Wildman–Crippen LogP) is 3.18. The van der Waals surface area contributed by atoms with E-state index in [1.807, 2.05) is 38.1 Å². The summed E-state index contributed by atoms with van der Waals surface area (Å²) in [5.74, 6) is 0.480. The molecule has 0 fully saturated rings. The van der Waals surface area contributed by atoms with Crippen molar-refractivity contribution >= 4 is 12.0 Å². The van der Waals surface area contributed by atoms with Crippen LogP contribution in [-0.4, -0.2) is 29.0 Å². The van der Waals surface area contributed by atoms with E-state index in [2.05, 4.69) is 0 Å². The predicted molar refractivity (Wildman–Crippen MR) is 86.1 cm³/mol. The number of aliphatic hydroxyl groups is 1. The Hall–Kier alpha value is -2.33. The first-order chi connectivity index (χ1) is 10.6. The third-order valence-electron chi connectivity index (χ3n) is 3.48. The van der Waals surface area contributed by atoms with E-state index < -0.39 is 6.10 Å². The summed E-state index contributed by atoms with van der Waals surface area (Å²) < 4.78 is 5.15. The lowest BCUT2D eigenvalue weighted by Crippen LogP contribution is -2.33. The standard InChI is InChI=1S/C18H21NO3/c1-3-19(18(21)11-10-16-5-4-12-22-16)13-17(20)15-8-6-14(2)7-9-15/h4-12,17,20H,3,13H2,1-2H3. The lowest BCUT2D eigenvalue weighted by Gasteiger charge is -2.23. The molecule has 2 rings (SSSR count). The van der Waals surface area contributed by atoms with Gasteiger partial charge in [-0.2, -0.15) is 0 Å². The number of hydrogen-bond donors (Lipinski definition) is 1. The summed E-state index contributed by atoms with van der Waals surface area (Å²) in [5.41, 5.74) is 1.95. The Morgan fingerprint density at radius 3 is 2.64 bits per heavy atom. The van der Waals surface area contributed by atoms with Crippen molar-refractivity contribution < 1.29 is 14.3 Å². The van der Waals surface area contributed by atoms with Gasteiger partial charge in [0.1, 0.15) is 5.76 Å². The molecule has 1 atom stereocenters. The first-order valence-electron chi connectivity index (χ1n) is 7.35. The second-order valence-corrected chi connectivity index (χ2v) is 5.15. The van der Waals surface area contributed by atoms with Crippen molar-refractivity contribution in [3.05, 3.63) is 65.6 Å². The van der Waals surface area contributed by atoms with Gasteiger partial charge in [-0.25, -0.2) is 0 Å². The first-order valence-corrected chi connectivity index (χ1v) is 7.35. The highest BCUT2D eigenvalue weighted by Crippen LogP contribution is 2.15. The molecule has 0 spiro atoms. The first kappa shape index (κ1) is 16.0. The summed E-state index contributed by atoms with van der Waals surface area (Å²) in [4.78, 5) is 13.8. The molecule has 0 bridgehead atoms. The Labute approximate surface area is 130 Å². The van der Waals surface area contributed by atoms with Crippen LogP contribution in [0.15, 0.2) is 53.2 Å². The molecular formula is C18H21NO3. The fraction of sp³-hybridized carbons (Fsp3) is 0.278. The summed E-state index contributed by atoms with van der Waals surface area (Å²) in [6.07, 6.45) is 3.96. The van der Waals surface area contributed by atoms with E-state index in [0.29, 0.717) is 12.3 Å². The van der Waals surface area contributed by atoms with E-state index >= 15 is 0 Å². The fourth-order valence-electron chi connectivity index (χ4n) is 2.12. The molecule has 0 saturated heterocycles. The van der Waals surface area contributed by atoms with Gasteiger partial charge in [-0.1, -0.05) is 29.8 Å². The van der Waals surface area contributed by atoms with Crippen LogP contribution in [0.3, 0.4) is 0 Å². The van der Waals surface area contributed by atoms with E-state index in [9.17, 15) is 9.90 Å². The molecule has 0 aliphatic rings. The normalized spacial score (nSPS) is 12.5. The molecule has 1 heterocycles. The van der Waals surface area contributed by atoms with Gasteiger partial charge in [0.05, 0.1) is 18.9 Å². The van der Waals surface area contributed by atoms with Crippen LogP contribution in [-0.2, 0) is 4.79 Å². The number of hydrogen-bond acceptors (Lipinski definition) is 3. The number of rotatable bonds is 6. The van der Waals surface area contributed by atoms with E-state index in [4.69, 9.17) is 4.42 Å². The molecule has 0 aliphatic heterocycles. The van der Waals surface area contributed by atoms with Gasteiger partial charge in [-0.05, 0) is 37.6 Å². The third kappa shape index (κ3) is 4.33. The third-order valence-corrected chi connectivity index (χ3v) is 3.48. The van der Waals surface area contributed by atoms with E-state index in [-0.39, 0.29) is 12.5 Å². The Bertz CT molecular complexity index is 614. The molecule has 1 amide bonds. The van der Waals surface area contributed by atoms with Gasteiger partial charge in [-0.3, -0.25) is 4.79 Å². The zero-order valence-electron chi connectivity index (χ0n) is 12.9. The molecule has 1 N–H and O–H groups in total. The molecule has 1 aromatic heterocycles. The Kier molecular flexibility index (Phi) is 5.55. The van der Waals surface area contributed by atoms with Crippen LogP contribution in [0.4, 0.5) is 0 Å². The van der Waals surface area contributed by atoms with Crippen molar-refractivity contribution in [3.63, 3.8) is 0 Å². The number of carbonyl (C=O) groups is 1. The van der Waals surface area contributed by atoms with Crippen LogP contribution in [0.25, 0.3) is 6.08 Å². The molecule has 0 aliphatic carbocycles. The number of benzene rings is 1.